The van der Waals surface area contributed by atoms with Crippen LogP contribution in [0.5, 0.6) is 0 Å². The lowest BCUT2D eigenvalue weighted by Crippen LogP contribution is -2.32. The van der Waals surface area contributed by atoms with E-state index in [2.05, 4.69) is 25.0 Å². The Labute approximate surface area is 258 Å². The highest BCUT2D eigenvalue weighted by molar-refractivity contribution is 7.92. The van der Waals surface area contributed by atoms with E-state index in [-0.39, 0.29) is 37.0 Å². The van der Waals surface area contributed by atoms with Gasteiger partial charge in [-0.1, -0.05) is 26.0 Å². The second-order valence-electron chi connectivity index (χ2n) is 10.3. The van der Waals surface area contributed by atoms with E-state index in [9.17, 15) is 42.8 Å². The van der Waals surface area contributed by atoms with Gasteiger partial charge in [-0.3, -0.25) is 4.79 Å². The fourth-order valence-corrected chi connectivity index (χ4v) is 4.38. The fourth-order valence-electron chi connectivity index (χ4n) is 4.00. The molecule has 0 saturated carbocycles. The maximum absolute atomic E-state index is 13.7. The van der Waals surface area contributed by atoms with E-state index in [1.54, 1.807) is 0 Å². The molecule has 4 atom stereocenters. The number of hydrogen-bond acceptors (Lipinski definition) is 14. The first-order valence-electron chi connectivity index (χ1n) is 13.6. The van der Waals surface area contributed by atoms with Crippen LogP contribution < -0.4 is 4.31 Å². The van der Waals surface area contributed by atoms with Gasteiger partial charge in [0.05, 0.1) is 42.9 Å². The van der Waals surface area contributed by atoms with Crippen molar-refractivity contribution in [1.82, 2.24) is 9.97 Å². The lowest BCUT2D eigenvalue weighted by Gasteiger charge is -2.20. The van der Waals surface area contributed by atoms with Gasteiger partial charge in [-0.25, -0.2) is 27.1 Å². The predicted molar refractivity (Wildman–Crippen MR) is 159 cm³/mol. The summed E-state index contributed by atoms with van der Waals surface area (Å²) in [5, 5.41) is 32.7. The zero-order chi connectivity index (χ0) is 33.9. The second kappa shape index (κ2) is 16.7. The summed E-state index contributed by atoms with van der Waals surface area (Å²) in [5.41, 5.74) is 1.58. The van der Waals surface area contributed by atoms with Crippen molar-refractivity contribution in [3.8, 4) is 11.3 Å². The molecule has 45 heavy (non-hydrogen) atoms. The molecular weight excluding hydrogens is 621 g/mol. The molecule has 0 aliphatic rings. The lowest BCUT2D eigenvalue weighted by molar-refractivity contribution is -0.770. The van der Waals surface area contributed by atoms with E-state index in [4.69, 9.17) is 4.74 Å². The van der Waals surface area contributed by atoms with Gasteiger partial charge in [-0.15, -0.1) is 15.0 Å². The molecule has 0 aliphatic carbocycles. The predicted octanol–water partition coefficient (Wildman–Crippen LogP) is 2.91. The summed E-state index contributed by atoms with van der Waals surface area (Å²) in [6.45, 7) is 4.59. The van der Waals surface area contributed by atoms with Gasteiger partial charge in [-0.05, 0) is 37.1 Å². The first-order chi connectivity index (χ1) is 21.0. The second-order valence-corrected chi connectivity index (χ2v) is 12.4. The van der Waals surface area contributed by atoms with Crippen molar-refractivity contribution in [1.29, 1.82) is 0 Å². The number of esters is 1. The van der Waals surface area contributed by atoms with E-state index in [0.717, 1.165) is 10.6 Å². The highest BCUT2D eigenvalue weighted by atomic mass is 32.2. The number of nitrogens with zero attached hydrogens (tertiary/aromatic N) is 5. The molecule has 1 aromatic heterocycles. The Morgan fingerprint density at radius 1 is 1.20 bits per heavy atom. The van der Waals surface area contributed by atoms with Crippen molar-refractivity contribution in [3.63, 3.8) is 0 Å². The number of sulfonamides is 1. The van der Waals surface area contributed by atoms with Crippen molar-refractivity contribution in [2.75, 3.05) is 24.2 Å². The Kier molecular flexibility index (Phi) is 13.7. The van der Waals surface area contributed by atoms with Crippen molar-refractivity contribution < 1.29 is 47.3 Å². The van der Waals surface area contributed by atoms with Crippen molar-refractivity contribution in [2.45, 2.75) is 70.4 Å². The number of halogens is 1. The Hall–Kier alpha value is -4.29. The van der Waals surface area contributed by atoms with Crippen LogP contribution in [0, 0.1) is 20.8 Å². The number of rotatable bonds is 18. The summed E-state index contributed by atoms with van der Waals surface area (Å²) in [6.07, 6.45) is -2.11. The van der Waals surface area contributed by atoms with Crippen LogP contribution in [0.1, 0.15) is 57.2 Å². The first-order valence-corrected chi connectivity index (χ1v) is 15.5. The van der Waals surface area contributed by atoms with E-state index in [1.165, 1.54) is 50.4 Å². The van der Waals surface area contributed by atoms with Crippen LogP contribution >= 0.6 is 0 Å². The number of hydrogen-bond donors (Lipinski definition) is 2. The summed E-state index contributed by atoms with van der Waals surface area (Å²) < 4.78 is 44.0. The number of carbonyl (C=O) groups is 1. The molecule has 1 heterocycles. The summed E-state index contributed by atoms with van der Waals surface area (Å²) in [6, 6.07) is 5.37. The minimum absolute atomic E-state index is 0.106. The maximum Gasteiger partial charge on any atom is 0.308 e. The Morgan fingerprint density at radius 2 is 1.84 bits per heavy atom. The molecule has 0 aliphatic heterocycles. The minimum Gasteiger partial charge on any atom is -0.466 e. The molecule has 0 radical (unpaired) electrons. The smallest absolute Gasteiger partial charge is 0.308 e. The average Bonchev–Trinajstić information content (AvgIpc) is 2.94. The Balaban J connectivity index is 2.19. The Morgan fingerprint density at radius 3 is 2.40 bits per heavy atom. The maximum atomic E-state index is 13.7. The van der Waals surface area contributed by atoms with Gasteiger partial charge < -0.3 is 24.6 Å². The normalized spacial score (nSPS) is 14.4. The van der Waals surface area contributed by atoms with Crippen molar-refractivity contribution in [3.05, 3.63) is 62.4 Å². The van der Waals surface area contributed by atoms with Gasteiger partial charge in [0.25, 0.3) is 5.09 Å². The molecule has 0 saturated heterocycles. The average molecular weight is 658 g/mol. The van der Waals surface area contributed by atoms with Gasteiger partial charge in [0.15, 0.2) is 11.4 Å². The molecule has 2 N–H and O–H groups in total. The van der Waals surface area contributed by atoms with Gasteiger partial charge in [0, 0.05) is 31.0 Å². The van der Waals surface area contributed by atoms with Crippen LogP contribution in [0.25, 0.3) is 17.3 Å². The molecule has 16 nitrogen and oxygen atoms in total. The quantitative estimate of drug-likeness (QED) is 0.102. The number of aromatic nitrogens is 2. The van der Waals surface area contributed by atoms with Crippen LogP contribution in [0.15, 0.2) is 35.7 Å². The third-order valence-electron chi connectivity index (χ3n) is 6.43. The topological polar surface area (TPSA) is 221 Å². The Bertz CT molecular complexity index is 1460. The standard InChI is InChI=1S/C27H36FN5O11S/c1-16(2)25-22(26(18-6-8-19(28)9-7-18)30-27(29-25)32(4)45(5,40)41)11-10-20(34)14-21(35)15-24(36)42-13-12-23(44-33(38)39)17(3)43-31-37/h6-11,16-17,20-21,23,34-35H,12-15H2,1-5H3/b11-10+/t17?,20-,21?,23?/m1/s1. The van der Waals surface area contributed by atoms with Crippen molar-refractivity contribution >= 4 is 28.0 Å². The molecule has 1 aromatic carbocycles. The largest absolute Gasteiger partial charge is 0.466 e. The summed E-state index contributed by atoms with van der Waals surface area (Å²) in [4.78, 5) is 50.7. The molecule has 0 amide bonds. The molecule has 2 aromatic rings. The molecule has 0 bridgehead atoms. The lowest BCUT2D eigenvalue weighted by atomic mass is 9.97. The molecule has 0 spiro atoms. The summed E-state index contributed by atoms with van der Waals surface area (Å²) >= 11 is 0. The number of aliphatic hydroxyl groups excluding tert-OH is 2. The van der Waals surface area contributed by atoms with Gasteiger partial charge in [0.1, 0.15) is 11.9 Å². The number of benzene rings is 1. The molecule has 248 valence electrons. The van der Waals surface area contributed by atoms with E-state index in [1.807, 2.05) is 13.8 Å². The molecule has 18 heteroatoms. The summed E-state index contributed by atoms with van der Waals surface area (Å²) in [5.74, 6) is -1.70. The number of aliphatic hydroxyl groups is 2. The van der Waals surface area contributed by atoms with E-state index >= 15 is 0 Å². The van der Waals surface area contributed by atoms with Gasteiger partial charge in [0.2, 0.25) is 16.0 Å². The van der Waals surface area contributed by atoms with Gasteiger partial charge >= 0.3 is 5.97 Å². The molecule has 0 fully saturated rings. The van der Waals surface area contributed by atoms with Crippen LogP contribution in [-0.2, 0) is 29.2 Å². The van der Waals surface area contributed by atoms with Gasteiger partial charge in [-0.2, -0.15) is 0 Å². The first kappa shape index (κ1) is 36.9. The van der Waals surface area contributed by atoms with E-state index in [0.29, 0.717) is 16.8 Å². The summed E-state index contributed by atoms with van der Waals surface area (Å²) in [7, 11) is -2.42. The number of ether oxygens (including phenoxy) is 1. The van der Waals surface area contributed by atoms with Crippen LogP contribution in [0.4, 0.5) is 10.3 Å². The zero-order valence-electron chi connectivity index (χ0n) is 25.3. The minimum atomic E-state index is -3.72. The van der Waals surface area contributed by atoms with Crippen LogP contribution in [0.3, 0.4) is 0 Å². The van der Waals surface area contributed by atoms with E-state index < -0.39 is 57.7 Å². The molecule has 2 rings (SSSR count). The fraction of sp³-hybridized carbons (Fsp3) is 0.519. The highest BCUT2D eigenvalue weighted by Gasteiger charge is 2.25. The highest BCUT2D eigenvalue weighted by Crippen LogP contribution is 2.31. The number of carbonyl (C=O) groups excluding carboxylic acids is 1. The van der Waals surface area contributed by atoms with Crippen molar-refractivity contribution in [2.24, 2.45) is 5.34 Å². The zero-order valence-corrected chi connectivity index (χ0v) is 26.1. The molecular formula is C27H36FN5O11S. The SMILES string of the molecule is CC(C)c1nc(N(C)S(C)(=O)=O)nc(-c2ccc(F)cc2)c1/C=C/[C@@H](O)CC(O)CC(=O)OCCC(O[N+](=O)[O-])C(C)ON=O. The van der Waals surface area contributed by atoms with Crippen LogP contribution in [-0.4, -0.2) is 84.0 Å². The third-order valence-corrected chi connectivity index (χ3v) is 7.59. The van der Waals surface area contributed by atoms with Crippen LogP contribution in [0.2, 0.25) is 0 Å². The monoisotopic (exact) mass is 657 g/mol. The molecule has 3 unspecified atom stereocenters. The third kappa shape index (κ3) is 11.6. The number of anilines is 1.